The summed E-state index contributed by atoms with van der Waals surface area (Å²) in [6.45, 7) is 1.38. The summed E-state index contributed by atoms with van der Waals surface area (Å²) in [5.74, 6) is 2.03. The van der Waals surface area contributed by atoms with Gasteiger partial charge in [0.2, 0.25) is 0 Å². The van der Waals surface area contributed by atoms with E-state index in [1.54, 1.807) is 36.4 Å². The molecule has 0 fully saturated rings. The summed E-state index contributed by atoms with van der Waals surface area (Å²) in [5, 5.41) is 14.9. The van der Waals surface area contributed by atoms with Crippen LogP contribution in [0.2, 0.25) is 0 Å². The number of nitrogens with one attached hydrogen (secondary N) is 2. The second kappa shape index (κ2) is 14.2. The van der Waals surface area contributed by atoms with Crippen LogP contribution in [0.1, 0.15) is 11.1 Å². The minimum atomic E-state index is -0.0363. The van der Waals surface area contributed by atoms with E-state index in [4.69, 9.17) is 46.0 Å². The van der Waals surface area contributed by atoms with Gasteiger partial charge in [0.25, 0.3) is 0 Å². The Bertz CT molecular complexity index is 798. The van der Waals surface area contributed by atoms with Crippen LogP contribution in [0.4, 0.5) is 0 Å². The van der Waals surface area contributed by atoms with Gasteiger partial charge in [-0.15, -0.1) is 24.8 Å². The van der Waals surface area contributed by atoms with Crippen molar-refractivity contribution in [2.75, 3.05) is 40.6 Å². The summed E-state index contributed by atoms with van der Waals surface area (Å²) in [4.78, 5) is 0. The largest absolute Gasteiger partial charge is 0.493 e. The number of rotatable bonds is 12. The number of halogens is 2. The quantitative estimate of drug-likeness (QED) is 0.210. The maximum absolute atomic E-state index is 7.45. The minimum Gasteiger partial charge on any atom is -0.493 e. The summed E-state index contributed by atoms with van der Waals surface area (Å²) in [6, 6.07) is 10.1. The molecule has 0 atom stereocenters. The maximum atomic E-state index is 7.45. The van der Waals surface area contributed by atoms with E-state index in [0.29, 0.717) is 60.6 Å². The van der Waals surface area contributed by atoms with Crippen LogP contribution in [-0.2, 0) is 4.74 Å². The van der Waals surface area contributed by atoms with E-state index < -0.39 is 0 Å². The highest BCUT2D eigenvalue weighted by molar-refractivity contribution is 5.96. The Morgan fingerprint density at radius 3 is 1.39 bits per heavy atom. The van der Waals surface area contributed by atoms with Crippen molar-refractivity contribution in [2.24, 2.45) is 11.5 Å². The molecule has 2 rings (SSSR count). The van der Waals surface area contributed by atoms with Gasteiger partial charge < -0.3 is 35.2 Å². The smallest absolute Gasteiger partial charge is 0.161 e. The number of benzene rings is 2. The molecule has 11 heteroatoms. The molecular weight excluding hydrogens is 447 g/mol. The number of methoxy groups -OCH3 is 2. The van der Waals surface area contributed by atoms with Gasteiger partial charge in [0.05, 0.1) is 27.4 Å². The van der Waals surface area contributed by atoms with Crippen molar-refractivity contribution in [3.8, 4) is 23.0 Å². The van der Waals surface area contributed by atoms with Gasteiger partial charge in [-0.1, -0.05) is 0 Å². The molecule has 31 heavy (non-hydrogen) atoms. The minimum absolute atomic E-state index is 0. The van der Waals surface area contributed by atoms with E-state index in [1.165, 1.54) is 14.2 Å². The van der Waals surface area contributed by atoms with Gasteiger partial charge in [-0.2, -0.15) is 0 Å². The first-order valence-corrected chi connectivity index (χ1v) is 8.84. The van der Waals surface area contributed by atoms with Gasteiger partial charge in [-0.3, -0.25) is 10.8 Å². The Balaban J connectivity index is 0.00000450. The molecule has 0 aliphatic heterocycles. The number of nitrogen functional groups attached to an aromatic ring is 2. The molecule has 2 aromatic rings. The van der Waals surface area contributed by atoms with Crippen LogP contribution in [-0.4, -0.2) is 52.3 Å². The van der Waals surface area contributed by atoms with Gasteiger partial charge in [0.15, 0.2) is 23.0 Å². The van der Waals surface area contributed by atoms with Crippen molar-refractivity contribution in [2.45, 2.75) is 0 Å². The molecule has 0 heterocycles. The molecule has 172 valence electrons. The van der Waals surface area contributed by atoms with Crippen molar-refractivity contribution < 1.29 is 23.7 Å². The van der Waals surface area contributed by atoms with Crippen LogP contribution in [0.25, 0.3) is 0 Å². The predicted octanol–water partition coefficient (Wildman–Crippen LogP) is 2.59. The molecular formula is C20H28Cl2N4O5. The van der Waals surface area contributed by atoms with Crippen LogP contribution in [0, 0.1) is 10.8 Å². The number of amidine groups is 2. The SMILES string of the molecule is COc1cc(C(=N)N)ccc1OCCOCCOc1ccc(C(=N)N)cc1OC.Cl.Cl. The van der Waals surface area contributed by atoms with Crippen molar-refractivity contribution in [3.63, 3.8) is 0 Å². The normalized spacial score (nSPS) is 9.61. The average molecular weight is 475 g/mol. The molecule has 0 aliphatic carbocycles. The van der Waals surface area contributed by atoms with Crippen molar-refractivity contribution in [1.29, 1.82) is 10.8 Å². The van der Waals surface area contributed by atoms with E-state index in [-0.39, 0.29) is 36.5 Å². The number of hydrogen-bond donors (Lipinski definition) is 4. The topological polar surface area (TPSA) is 146 Å². The molecule has 0 radical (unpaired) electrons. The number of hydrogen-bond acceptors (Lipinski definition) is 7. The molecule has 0 amide bonds. The summed E-state index contributed by atoms with van der Waals surface area (Å²) in [5.41, 5.74) is 12.1. The predicted molar refractivity (Wildman–Crippen MR) is 124 cm³/mol. The monoisotopic (exact) mass is 474 g/mol. The molecule has 0 aromatic heterocycles. The van der Waals surface area contributed by atoms with E-state index in [2.05, 4.69) is 0 Å². The highest BCUT2D eigenvalue weighted by Crippen LogP contribution is 2.28. The van der Waals surface area contributed by atoms with Gasteiger partial charge in [-0.05, 0) is 36.4 Å². The first-order chi connectivity index (χ1) is 14.0. The standard InChI is InChI=1S/C20H26N4O5.2ClH/c1-25-17-11-13(19(21)22)3-5-15(17)28-9-7-27-8-10-29-16-6-4-14(20(23)24)12-18(16)26-2;;/h3-6,11-12H,7-10H2,1-2H3,(H3,21,22)(H3,23,24);2*1H. The van der Waals surface area contributed by atoms with Gasteiger partial charge >= 0.3 is 0 Å². The molecule has 0 unspecified atom stereocenters. The van der Waals surface area contributed by atoms with E-state index in [1.807, 2.05) is 0 Å². The lowest BCUT2D eigenvalue weighted by atomic mass is 10.2. The van der Waals surface area contributed by atoms with E-state index >= 15 is 0 Å². The Kier molecular flexibility index (Phi) is 12.9. The van der Waals surface area contributed by atoms with E-state index in [9.17, 15) is 0 Å². The lowest BCUT2D eigenvalue weighted by Gasteiger charge is -2.13. The fourth-order valence-corrected chi connectivity index (χ4v) is 2.43. The Hall–Kier alpha value is -2.88. The summed E-state index contributed by atoms with van der Waals surface area (Å²) < 4.78 is 27.3. The fourth-order valence-electron chi connectivity index (χ4n) is 2.43. The number of ether oxygens (including phenoxy) is 5. The zero-order valence-electron chi connectivity index (χ0n) is 17.3. The van der Waals surface area contributed by atoms with Crippen LogP contribution in [0.15, 0.2) is 36.4 Å². The lowest BCUT2D eigenvalue weighted by Crippen LogP contribution is -2.14. The van der Waals surface area contributed by atoms with E-state index in [0.717, 1.165) is 0 Å². The molecule has 0 saturated carbocycles. The Labute approximate surface area is 193 Å². The van der Waals surface area contributed by atoms with Crippen molar-refractivity contribution in [1.82, 2.24) is 0 Å². The van der Waals surface area contributed by atoms with Crippen LogP contribution in [0.3, 0.4) is 0 Å². The summed E-state index contributed by atoms with van der Waals surface area (Å²) >= 11 is 0. The molecule has 0 bridgehead atoms. The zero-order chi connectivity index (χ0) is 21.2. The molecule has 0 aliphatic rings. The van der Waals surface area contributed by atoms with Gasteiger partial charge in [-0.25, -0.2) is 0 Å². The van der Waals surface area contributed by atoms with Crippen LogP contribution < -0.4 is 30.4 Å². The highest BCUT2D eigenvalue weighted by Gasteiger charge is 2.08. The second-order valence-electron chi connectivity index (χ2n) is 5.87. The zero-order valence-corrected chi connectivity index (χ0v) is 18.9. The molecule has 9 nitrogen and oxygen atoms in total. The third kappa shape index (κ3) is 8.41. The van der Waals surface area contributed by atoms with Crippen molar-refractivity contribution in [3.05, 3.63) is 47.5 Å². The fraction of sp³-hybridized carbons (Fsp3) is 0.300. The van der Waals surface area contributed by atoms with Gasteiger partial charge in [0.1, 0.15) is 24.9 Å². The van der Waals surface area contributed by atoms with Crippen molar-refractivity contribution >= 4 is 36.5 Å². The Morgan fingerprint density at radius 1 is 0.677 bits per heavy atom. The maximum Gasteiger partial charge on any atom is 0.161 e. The van der Waals surface area contributed by atoms with Crippen LogP contribution >= 0.6 is 24.8 Å². The second-order valence-corrected chi connectivity index (χ2v) is 5.87. The molecule has 0 spiro atoms. The molecule has 2 aromatic carbocycles. The third-order valence-electron chi connectivity index (χ3n) is 3.92. The Morgan fingerprint density at radius 2 is 1.06 bits per heavy atom. The average Bonchev–Trinajstić information content (AvgIpc) is 2.72. The molecule has 6 N–H and O–H groups in total. The summed E-state index contributed by atoms with van der Waals surface area (Å²) in [6.07, 6.45) is 0. The number of nitrogens with two attached hydrogens (primary N) is 2. The highest BCUT2D eigenvalue weighted by atomic mass is 35.5. The summed E-state index contributed by atoms with van der Waals surface area (Å²) in [7, 11) is 3.05. The third-order valence-corrected chi connectivity index (χ3v) is 3.92. The first kappa shape index (κ1) is 28.1. The molecule has 0 saturated heterocycles. The lowest BCUT2D eigenvalue weighted by molar-refractivity contribution is 0.0750. The van der Waals surface area contributed by atoms with Gasteiger partial charge in [0, 0.05) is 11.1 Å². The van der Waals surface area contributed by atoms with Crippen LogP contribution in [0.5, 0.6) is 23.0 Å². The first-order valence-electron chi connectivity index (χ1n) is 8.84.